The Kier molecular flexibility index (Phi) is 9.94. The fourth-order valence-electron chi connectivity index (χ4n) is 2.44. The van der Waals surface area contributed by atoms with Crippen LogP contribution in [-0.2, 0) is 4.79 Å². The molecule has 2 aromatic carbocycles. The lowest BCUT2D eigenvalue weighted by Gasteiger charge is -2.18. The fourth-order valence-corrected chi connectivity index (χ4v) is 2.44. The number of aryl methyl sites for hydroxylation is 1. The number of halogens is 1. The zero-order chi connectivity index (χ0) is 18.5. The number of rotatable bonds is 1. The largest absolute Gasteiger partial charge is 0.508 e. The maximum atomic E-state index is 12.3. The summed E-state index contributed by atoms with van der Waals surface area (Å²) < 4.78 is 12.3. The Morgan fingerprint density at radius 2 is 1.56 bits per heavy atom. The zero-order valence-electron chi connectivity index (χ0n) is 14.5. The number of aromatic hydroxyl groups is 1. The number of carbonyl (C=O) groups excluding carboxylic acids is 1. The number of carbonyl (C=O) groups is 1. The first kappa shape index (κ1) is 20.6. The quantitative estimate of drug-likeness (QED) is 0.522. The van der Waals surface area contributed by atoms with Crippen molar-refractivity contribution in [2.75, 3.05) is 0 Å². The number of phenols is 1. The van der Waals surface area contributed by atoms with Crippen LogP contribution < -0.4 is 5.48 Å². The smallest absolute Gasteiger partial charge is 0.246 e. The number of nitrogens with one attached hydrogen (secondary N) is 1. The van der Waals surface area contributed by atoms with E-state index in [0.29, 0.717) is 11.3 Å². The van der Waals surface area contributed by atoms with Gasteiger partial charge in [0.1, 0.15) is 11.6 Å². The van der Waals surface area contributed by atoms with Crippen molar-refractivity contribution >= 4 is 5.91 Å². The Labute approximate surface area is 148 Å². The molecule has 0 bridgehead atoms. The SMILES string of the molecule is Cc1ccccc1F.O=C(NO)C1CCCCC1.Oc1ccccc1. The molecule has 4 nitrogen and oxygen atoms in total. The first-order valence-electron chi connectivity index (χ1n) is 8.43. The van der Waals surface area contributed by atoms with Gasteiger partial charge in [0.25, 0.3) is 0 Å². The van der Waals surface area contributed by atoms with Crippen molar-refractivity contribution in [2.24, 2.45) is 5.92 Å². The Hall–Kier alpha value is -2.40. The summed E-state index contributed by atoms with van der Waals surface area (Å²) in [5.74, 6) is 0.0495. The van der Waals surface area contributed by atoms with Gasteiger partial charge in [0.05, 0.1) is 0 Å². The molecule has 0 heterocycles. The second kappa shape index (κ2) is 12.0. The van der Waals surface area contributed by atoms with Gasteiger partial charge in [-0.3, -0.25) is 10.0 Å². The standard InChI is InChI=1S/C7H7F.C7H13NO2.C6H6O/c1-6-4-2-3-5-7(6)8;9-7(8-10)6-4-2-1-3-5-6;7-6-4-2-1-3-5-6/h2-5H,1H3;6,10H,1-5H2,(H,8,9);1-5,7H. The van der Waals surface area contributed by atoms with E-state index >= 15 is 0 Å². The number of amides is 1. The first-order valence-corrected chi connectivity index (χ1v) is 8.43. The Morgan fingerprint density at radius 3 is 1.96 bits per heavy atom. The lowest BCUT2D eigenvalue weighted by atomic mass is 9.89. The highest BCUT2D eigenvalue weighted by atomic mass is 19.1. The molecule has 1 amide bonds. The molecule has 0 saturated heterocycles. The van der Waals surface area contributed by atoms with Crippen LogP contribution in [0.15, 0.2) is 54.6 Å². The van der Waals surface area contributed by atoms with E-state index in [1.807, 2.05) is 12.1 Å². The van der Waals surface area contributed by atoms with Gasteiger partial charge >= 0.3 is 0 Å². The third-order valence-electron chi connectivity index (χ3n) is 3.92. The molecular weight excluding hydrogens is 321 g/mol. The molecule has 25 heavy (non-hydrogen) atoms. The van der Waals surface area contributed by atoms with Crippen molar-refractivity contribution in [2.45, 2.75) is 39.0 Å². The van der Waals surface area contributed by atoms with Gasteiger partial charge in [-0.2, -0.15) is 0 Å². The summed E-state index contributed by atoms with van der Waals surface area (Å²) >= 11 is 0. The van der Waals surface area contributed by atoms with Crippen molar-refractivity contribution in [1.29, 1.82) is 0 Å². The molecule has 136 valence electrons. The summed E-state index contributed by atoms with van der Waals surface area (Å²) in [6.45, 7) is 1.75. The first-order chi connectivity index (χ1) is 12.0. The third-order valence-corrected chi connectivity index (χ3v) is 3.92. The van der Waals surface area contributed by atoms with Gasteiger partial charge in [-0.1, -0.05) is 55.7 Å². The average molecular weight is 347 g/mol. The molecule has 0 radical (unpaired) electrons. The topological polar surface area (TPSA) is 69.6 Å². The van der Waals surface area contributed by atoms with Gasteiger partial charge in [0, 0.05) is 5.92 Å². The Bertz CT molecular complexity index is 592. The van der Waals surface area contributed by atoms with Gasteiger partial charge in [0.15, 0.2) is 0 Å². The normalized spacial score (nSPS) is 13.6. The average Bonchev–Trinajstić information content (AvgIpc) is 2.66. The number of phenolic OH excluding ortho intramolecular Hbond substituents is 1. The maximum absolute atomic E-state index is 12.3. The summed E-state index contributed by atoms with van der Waals surface area (Å²) in [5, 5.41) is 16.9. The predicted molar refractivity (Wildman–Crippen MR) is 95.7 cm³/mol. The third kappa shape index (κ3) is 8.86. The van der Waals surface area contributed by atoms with Gasteiger partial charge in [0.2, 0.25) is 5.91 Å². The van der Waals surface area contributed by atoms with Crippen LogP contribution >= 0.6 is 0 Å². The summed E-state index contributed by atoms with van der Waals surface area (Å²) in [6.07, 6.45) is 5.35. The van der Waals surface area contributed by atoms with Crippen LogP contribution in [0, 0.1) is 18.7 Å². The van der Waals surface area contributed by atoms with Gasteiger partial charge in [-0.05, 0) is 43.5 Å². The Balaban J connectivity index is 0.000000191. The highest BCUT2D eigenvalue weighted by Crippen LogP contribution is 2.23. The van der Waals surface area contributed by atoms with Crippen LogP contribution in [0.5, 0.6) is 5.75 Å². The van der Waals surface area contributed by atoms with E-state index in [4.69, 9.17) is 10.3 Å². The molecule has 1 aliphatic rings. The molecule has 1 fully saturated rings. The summed E-state index contributed by atoms with van der Waals surface area (Å²) in [5.41, 5.74) is 2.40. The predicted octanol–water partition coefficient (Wildman–Crippen LogP) is 4.60. The molecule has 3 N–H and O–H groups in total. The summed E-state index contributed by atoms with van der Waals surface area (Å²) in [7, 11) is 0. The van der Waals surface area contributed by atoms with Crippen molar-refractivity contribution in [1.82, 2.24) is 5.48 Å². The highest BCUT2D eigenvalue weighted by Gasteiger charge is 2.19. The Morgan fingerprint density at radius 1 is 1.00 bits per heavy atom. The van der Waals surface area contributed by atoms with Crippen LogP contribution in [0.2, 0.25) is 0 Å². The molecule has 1 aliphatic carbocycles. The number of hydroxylamine groups is 1. The molecule has 0 unspecified atom stereocenters. The van der Waals surface area contributed by atoms with Crippen molar-refractivity contribution in [3.8, 4) is 5.75 Å². The second-order valence-corrected chi connectivity index (χ2v) is 5.90. The van der Waals surface area contributed by atoms with Crippen LogP contribution in [-0.4, -0.2) is 16.2 Å². The molecule has 1 saturated carbocycles. The molecule has 0 spiro atoms. The van der Waals surface area contributed by atoms with E-state index in [-0.39, 0.29) is 17.6 Å². The van der Waals surface area contributed by atoms with Gasteiger partial charge in [-0.15, -0.1) is 0 Å². The minimum atomic E-state index is -0.209. The number of hydrogen-bond donors (Lipinski definition) is 3. The van der Waals surface area contributed by atoms with Crippen LogP contribution in [0.25, 0.3) is 0 Å². The molecule has 3 rings (SSSR count). The van der Waals surface area contributed by atoms with E-state index in [1.165, 1.54) is 12.5 Å². The summed E-state index contributed by atoms with van der Waals surface area (Å²) in [4.78, 5) is 10.8. The van der Waals surface area contributed by atoms with E-state index in [2.05, 4.69) is 0 Å². The van der Waals surface area contributed by atoms with E-state index in [0.717, 1.165) is 25.7 Å². The maximum Gasteiger partial charge on any atom is 0.246 e. The van der Waals surface area contributed by atoms with E-state index < -0.39 is 0 Å². The molecular formula is C20H26FNO3. The monoisotopic (exact) mass is 347 g/mol. The lowest BCUT2D eigenvalue weighted by molar-refractivity contribution is -0.134. The second-order valence-electron chi connectivity index (χ2n) is 5.90. The van der Waals surface area contributed by atoms with E-state index in [1.54, 1.807) is 48.8 Å². The molecule has 0 aliphatic heterocycles. The zero-order valence-corrected chi connectivity index (χ0v) is 14.5. The number of para-hydroxylation sites is 1. The summed E-state index contributed by atoms with van der Waals surface area (Å²) in [6, 6.07) is 15.4. The van der Waals surface area contributed by atoms with Crippen molar-refractivity contribution in [3.63, 3.8) is 0 Å². The van der Waals surface area contributed by atoms with Crippen molar-refractivity contribution in [3.05, 3.63) is 66.0 Å². The molecule has 0 aromatic heterocycles. The van der Waals surface area contributed by atoms with Crippen LogP contribution in [0.4, 0.5) is 4.39 Å². The highest BCUT2D eigenvalue weighted by molar-refractivity contribution is 5.77. The molecule has 5 heteroatoms. The molecule has 2 aromatic rings. The van der Waals surface area contributed by atoms with Gasteiger partial charge < -0.3 is 5.11 Å². The van der Waals surface area contributed by atoms with Crippen molar-refractivity contribution < 1.29 is 19.5 Å². The van der Waals surface area contributed by atoms with Crippen LogP contribution in [0.1, 0.15) is 37.7 Å². The van der Waals surface area contributed by atoms with Crippen LogP contribution in [0.3, 0.4) is 0 Å². The number of hydrogen-bond acceptors (Lipinski definition) is 3. The minimum absolute atomic E-state index is 0.0683. The lowest BCUT2D eigenvalue weighted by Crippen LogP contribution is -2.29. The van der Waals surface area contributed by atoms with Gasteiger partial charge in [-0.25, -0.2) is 9.87 Å². The number of benzene rings is 2. The molecule has 0 atom stereocenters. The van der Waals surface area contributed by atoms with E-state index in [9.17, 15) is 9.18 Å². The minimum Gasteiger partial charge on any atom is -0.508 e. The fraction of sp³-hybridized carbons (Fsp3) is 0.350.